The molecular weight excluding hydrogens is 434 g/mol. The fourth-order valence-corrected chi connectivity index (χ4v) is 3.90. The monoisotopic (exact) mass is 467 g/mol. The minimum Gasteiger partial charge on any atom is -0.507 e. The van der Waals surface area contributed by atoms with Crippen molar-refractivity contribution < 1.29 is 28.9 Å². The van der Waals surface area contributed by atoms with E-state index in [1.807, 2.05) is 52.8 Å². The molecule has 1 atom stereocenters. The molecule has 1 aliphatic rings. The first-order valence-corrected chi connectivity index (χ1v) is 11.6. The Kier molecular flexibility index (Phi) is 8.34. The number of carbonyl (C=O) groups excluding carboxylic acids is 2. The Morgan fingerprint density at radius 2 is 1.71 bits per heavy atom. The number of aliphatic hydroxyl groups is 1. The van der Waals surface area contributed by atoms with Gasteiger partial charge in [0.2, 0.25) is 0 Å². The van der Waals surface area contributed by atoms with Gasteiger partial charge in [-0.05, 0) is 76.6 Å². The van der Waals surface area contributed by atoms with Crippen molar-refractivity contribution in [3.63, 3.8) is 0 Å². The van der Waals surface area contributed by atoms with Gasteiger partial charge in [-0.3, -0.25) is 9.59 Å². The summed E-state index contributed by atoms with van der Waals surface area (Å²) in [7, 11) is 0. The van der Waals surface area contributed by atoms with Gasteiger partial charge in [-0.15, -0.1) is 0 Å². The molecule has 1 N–H and O–H groups in total. The van der Waals surface area contributed by atoms with Gasteiger partial charge in [0.1, 0.15) is 17.3 Å². The van der Waals surface area contributed by atoms with Gasteiger partial charge in [0, 0.05) is 12.1 Å². The van der Waals surface area contributed by atoms with Crippen LogP contribution in [0.3, 0.4) is 0 Å². The molecule has 1 amide bonds. The molecule has 1 fully saturated rings. The first kappa shape index (κ1) is 25.3. The molecule has 0 aromatic heterocycles. The maximum absolute atomic E-state index is 13.1. The van der Waals surface area contributed by atoms with E-state index in [9.17, 15) is 14.7 Å². The first-order chi connectivity index (χ1) is 16.2. The highest BCUT2D eigenvalue weighted by Crippen LogP contribution is 2.40. The van der Waals surface area contributed by atoms with Crippen LogP contribution in [0.2, 0.25) is 0 Å². The molecule has 0 spiro atoms. The summed E-state index contributed by atoms with van der Waals surface area (Å²) in [6.45, 7) is 10.5. The number of rotatable bonds is 10. The largest absolute Gasteiger partial charge is 0.507 e. The van der Waals surface area contributed by atoms with Gasteiger partial charge >= 0.3 is 0 Å². The van der Waals surface area contributed by atoms with Gasteiger partial charge in [-0.25, -0.2) is 0 Å². The lowest BCUT2D eigenvalue weighted by Crippen LogP contribution is -2.33. The van der Waals surface area contributed by atoms with E-state index in [2.05, 4.69) is 0 Å². The lowest BCUT2D eigenvalue weighted by molar-refractivity contribution is -0.140. The van der Waals surface area contributed by atoms with Crippen LogP contribution in [0.4, 0.5) is 0 Å². The van der Waals surface area contributed by atoms with E-state index in [0.29, 0.717) is 29.2 Å². The van der Waals surface area contributed by atoms with Crippen molar-refractivity contribution in [2.45, 2.75) is 52.9 Å². The third kappa shape index (κ3) is 5.78. The molecule has 0 radical (unpaired) electrons. The summed E-state index contributed by atoms with van der Waals surface area (Å²) >= 11 is 0. The Balaban J connectivity index is 2.05. The molecule has 1 aliphatic heterocycles. The SMILES string of the molecule is CCOc1cccc(C2/C(=C(/O)c3ccc(OC(C)C)cc3)C(=O)C(=O)N2CCOC(C)C)c1. The zero-order valence-corrected chi connectivity index (χ0v) is 20.4. The average molecular weight is 468 g/mol. The van der Waals surface area contributed by atoms with Crippen LogP contribution >= 0.6 is 0 Å². The number of nitrogens with zero attached hydrogens (tertiary/aromatic N) is 1. The van der Waals surface area contributed by atoms with Crippen molar-refractivity contribution in [2.24, 2.45) is 0 Å². The molecule has 1 saturated heterocycles. The van der Waals surface area contributed by atoms with Crippen LogP contribution in [0.25, 0.3) is 5.76 Å². The molecule has 0 saturated carbocycles. The number of aliphatic hydroxyl groups excluding tert-OH is 1. The third-order valence-corrected chi connectivity index (χ3v) is 5.31. The Morgan fingerprint density at radius 3 is 2.32 bits per heavy atom. The molecule has 2 aromatic rings. The van der Waals surface area contributed by atoms with Gasteiger partial charge in [0.05, 0.1) is 37.0 Å². The molecule has 7 nitrogen and oxygen atoms in total. The normalized spacial score (nSPS) is 17.6. The van der Waals surface area contributed by atoms with Gasteiger partial charge in [0.15, 0.2) is 0 Å². The fourth-order valence-electron chi connectivity index (χ4n) is 3.90. The Bertz CT molecular complexity index is 1040. The number of benzene rings is 2. The van der Waals surface area contributed by atoms with Gasteiger partial charge in [-0.1, -0.05) is 12.1 Å². The van der Waals surface area contributed by atoms with E-state index in [-0.39, 0.29) is 36.7 Å². The van der Waals surface area contributed by atoms with Gasteiger partial charge in [-0.2, -0.15) is 0 Å². The lowest BCUT2D eigenvalue weighted by Gasteiger charge is -2.26. The second kappa shape index (κ2) is 11.2. The molecule has 34 heavy (non-hydrogen) atoms. The van der Waals surface area contributed by atoms with Crippen LogP contribution in [-0.2, 0) is 14.3 Å². The molecule has 0 bridgehead atoms. The average Bonchev–Trinajstić information content (AvgIpc) is 3.04. The highest BCUT2D eigenvalue weighted by atomic mass is 16.5. The summed E-state index contributed by atoms with van der Waals surface area (Å²) < 4.78 is 16.9. The van der Waals surface area contributed by atoms with Crippen LogP contribution < -0.4 is 9.47 Å². The van der Waals surface area contributed by atoms with Crippen LogP contribution in [0.1, 0.15) is 51.8 Å². The molecule has 1 unspecified atom stereocenters. The Morgan fingerprint density at radius 1 is 1.00 bits per heavy atom. The van der Waals surface area contributed by atoms with E-state index >= 15 is 0 Å². The quantitative estimate of drug-likeness (QED) is 0.309. The minimum atomic E-state index is -0.761. The van der Waals surface area contributed by atoms with E-state index in [1.54, 1.807) is 30.3 Å². The number of amides is 1. The summed E-state index contributed by atoms with van der Waals surface area (Å²) in [5, 5.41) is 11.2. The van der Waals surface area contributed by atoms with Crippen LogP contribution in [0.5, 0.6) is 11.5 Å². The van der Waals surface area contributed by atoms with E-state index in [4.69, 9.17) is 14.2 Å². The molecule has 7 heteroatoms. The number of Topliss-reactive ketones (excluding diaryl/α,β-unsaturated/α-hetero) is 1. The highest BCUT2D eigenvalue weighted by molar-refractivity contribution is 6.46. The molecule has 3 rings (SSSR count). The highest BCUT2D eigenvalue weighted by Gasteiger charge is 2.46. The summed E-state index contributed by atoms with van der Waals surface area (Å²) in [5.74, 6) is -0.344. The molecular formula is C27H33NO6. The van der Waals surface area contributed by atoms with Crippen molar-refractivity contribution in [3.05, 3.63) is 65.2 Å². The smallest absolute Gasteiger partial charge is 0.295 e. The Labute approximate surface area is 200 Å². The van der Waals surface area contributed by atoms with Crippen molar-refractivity contribution in [2.75, 3.05) is 19.8 Å². The summed E-state index contributed by atoms with van der Waals surface area (Å²) in [6, 6.07) is 13.3. The molecule has 182 valence electrons. The standard InChI is InChI=1S/C27H33NO6/c1-6-32-22-9-7-8-20(16-22)24-23(26(30)27(31)28(24)14-15-33-17(2)3)25(29)19-10-12-21(13-11-19)34-18(4)5/h7-13,16-18,24,29H,6,14-15H2,1-5H3/b25-23-. The van der Waals surface area contributed by atoms with Crippen molar-refractivity contribution in [1.82, 2.24) is 4.90 Å². The van der Waals surface area contributed by atoms with Crippen LogP contribution in [-0.4, -0.2) is 53.7 Å². The number of hydrogen-bond acceptors (Lipinski definition) is 6. The Hall–Kier alpha value is -3.32. The number of hydrogen-bond donors (Lipinski definition) is 1. The number of ether oxygens (including phenoxy) is 3. The zero-order chi connectivity index (χ0) is 24.8. The van der Waals surface area contributed by atoms with Crippen molar-refractivity contribution >= 4 is 17.4 Å². The zero-order valence-electron chi connectivity index (χ0n) is 20.4. The van der Waals surface area contributed by atoms with Crippen molar-refractivity contribution in [1.29, 1.82) is 0 Å². The lowest BCUT2D eigenvalue weighted by atomic mass is 9.95. The van der Waals surface area contributed by atoms with Gasteiger partial charge in [0.25, 0.3) is 11.7 Å². The number of ketones is 1. The summed E-state index contributed by atoms with van der Waals surface area (Å²) in [5.41, 5.74) is 1.15. The first-order valence-electron chi connectivity index (χ1n) is 11.6. The molecule has 1 heterocycles. The number of carbonyl (C=O) groups is 2. The minimum absolute atomic E-state index is 0.00967. The van der Waals surface area contributed by atoms with Crippen LogP contribution in [0, 0.1) is 0 Å². The second-order valence-corrected chi connectivity index (χ2v) is 8.61. The van der Waals surface area contributed by atoms with E-state index < -0.39 is 17.7 Å². The molecule has 2 aromatic carbocycles. The topological polar surface area (TPSA) is 85.3 Å². The maximum atomic E-state index is 13.1. The predicted octanol–water partition coefficient (Wildman–Crippen LogP) is 4.72. The summed E-state index contributed by atoms with van der Waals surface area (Å²) in [6.07, 6.45) is -0.00132. The van der Waals surface area contributed by atoms with Gasteiger partial charge < -0.3 is 24.2 Å². The third-order valence-electron chi connectivity index (χ3n) is 5.31. The predicted molar refractivity (Wildman–Crippen MR) is 130 cm³/mol. The maximum Gasteiger partial charge on any atom is 0.295 e. The summed E-state index contributed by atoms with van der Waals surface area (Å²) in [4.78, 5) is 27.6. The van der Waals surface area contributed by atoms with E-state index in [0.717, 1.165) is 0 Å². The fraction of sp³-hybridized carbons (Fsp3) is 0.407. The molecule has 0 aliphatic carbocycles. The number of likely N-dealkylation sites (tertiary alicyclic amines) is 1. The second-order valence-electron chi connectivity index (χ2n) is 8.61. The van der Waals surface area contributed by atoms with Crippen molar-refractivity contribution in [3.8, 4) is 11.5 Å². The van der Waals surface area contributed by atoms with Crippen LogP contribution in [0.15, 0.2) is 54.1 Å². The van der Waals surface area contributed by atoms with E-state index in [1.165, 1.54) is 4.90 Å².